The molecule has 0 radical (unpaired) electrons. The van der Waals surface area contributed by atoms with Crippen molar-refractivity contribution in [3.05, 3.63) is 58.2 Å². The molecule has 0 atom stereocenters. The van der Waals surface area contributed by atoms with Gasteiger partial charge in [-0.25, -0.2) is 0 Å². The highest BCUT2D eigenvalue weighted by Crippen LogP contribution is 2.20. The average Bonchev–Trinajstić information content (AvgIpc) is 2.73. The summed E-state index contributed by atoms with van der Waals surface area (Å²) in [4.78, 5) is 33.1. The molecule has 0 aliphatic rings. The summed E-state index contributed by atoms with van der Waals surface area (Å²) in [6.45, 7) is 23.5. The fourth-order valence-corrected chi connectivity index (χ4v) is 14.5. The number of carbonyl (C=O) groups is 2. The quantitative estimate of drug-likeness (QED) is 0.0489. The van der Waals surface area contributed by atoms with Crippen molar-refractivity contribution in [2.24, 2.45) is 0 Å². The molecule has 0 N–H and O–H groups in total. The number of aromatic nitrogens is 2. The van der Waals surface area contributed by atoms with E-state index >= 15 is 0 Å². The van der Waals surface area contributed by atoms with Gasteiger partial charge in [0.2, 0.25) is 11.8 Å². The molecule has 6 nitrogen and oxygen atoms in total. The molecule has 0 saturated carbocycles. The van der Waals surface area contributed by atoms with E-state index in [2.05, 4.69) is 98.6 Å². The van der Waals surface area contributed by atoms with E-state index in [1.54, 1.807) is 0 Å². The minimum atomic E-state index is 0.348. The first-order chi connectivity index (χ1) is 44.1. The normalized spacial score (nSPS) is 11.6. The van der Waals surface area contributed by atoms with Crippen LogP contribution >= 0.6 is 0 Å². The second-order valence-electron chi connectivity index (χ2n) is 29.1. The number of rotatable bonds is 67. The number of aryl methyl sites for hydroxylation is 6. The molecule has 90 heavy (non-hydrogen) atoms. The lowest BCUT2D eigenvalue weighted by atomic mass is 10.0. The van der Waals surface area contributed by atoms with Crippen molar-refractivity contribution >= 4 is 11.8 Å². The smallest absolute Gasteiger partial charge is 0.222 e. The number of hydrogen-bond acceptors (Lipinski definition) is 2. The third-order valence-corrected chi connectivity index (χ3v) is 20.2. The first kappa shape index (κ1) is 83.3. The Morgan fingerprint density at radius 3 is 0.722 bits per heavy atom. The largest absolute Gasteiger partial charge is 0.342 e. The lowest BCUT2D eigenvalue weighted by Gasteiger charge is -2.25. The maximum absolute atomic E-state index is 14.3. The number of pyridine rings is 2. The molecule has 0 aliphatic heterocycles. The minimum Gasteiger partial charge on any atom is -0.342 e. The summed E-state index contributed by atoms with van der Waals surface area (Å²) in [5.41, 5.74) is 8.37. The van der Waals surface area contributed by atoms with Crippen molar-refractivity contribution in [1.82, 2.24) is 9.80 Å². The van der Waals surface area contributed by atoms with Gasteiger partial charge in [-0.2, -0.15) is 9.13 Å². The van der Waals surface area contributed by atoms with Gasteiger partial charge in [0, 0.05) is 103 Å². The molecular formula is C84H156N4O2+2. The molecule has 0 bridgehead atoms. The van der Waals surface area contributed by atoms with Gasteiger partial charge in [-0.3, -0.25) is 9.59 Å². The Labute approximate surface area is 562 Å². The van der Waals surface area contributed by atoms with Gasteiger partial charge >= 0.3 is 0 Å². The summed E-state index contributed by atoms with van der Waals surface area (Å²) >= 11 is 0. The molecule has 522 valence electrons. The molecule has 2 rings (SSSR count). The van der Waals surface area contributed by atoms with Gasteiger partial charge < -0.3 is 9.80 Å². The van der Waals surface area contributed by atoms with E-state index < -0.39 is 0 Å². The van der Waals surface area contributed by atoms with Crippen LogP contribution in [0.4, 0.5) is 0 Å². The average molecular weight is 1250 g/mol. The lowest BCUT2D eigenvalue weighted by Crippen LogP contribution is -2.44. The number of unbranched alkanes of at least 4 members (excludes halogenated alkanes) is 47. The SMILES string of the molecule is CCCCCCCCCCCCCCCC(=O)N(CCCCN(CCC[n+]1c(C)cc(C)cc1CCCCCCCCCCCCCC)C(=O)CCCCCCCCCCCCCCC)CCC[n+]1c(C)cc(C)cc1CCCCCCCCCCCCCC. The second-order valence-corrected chi connectivity index (χ2v) is 29.1. The van der Waals surface area contributed by atoms with Crippen molar-refractivity contribution in [2.45, 2.75) is 441 Å². The molecule has 0 fully saturated rings. The first-order valence-electron chi connectivity index (χ1n) is 40.7. The van der Waals surface area contributed by atoms with Crippen LogP contribution in [0.25, 0.3) is 0 Å². The van der Waals surface area contributed by atoms with E-state index in [0.29, 0.717) is 24.7 Å². The summed E-state index contributed by atoms with van der Waals surface area (Å²) in [7, 11) is 0. The number of amides is 2. The Hall–Kier alpha value is -2.76. The molecule has 0 aliphatic carbocycles. The van der Waals surface area contributed by atoms with Gasteiger partial charge in [0.15, 0.2) is 35.9 Å². The number of carbonyl (C=O) groups excluding carboxylic acids is 2. The Bertz CT molecular complexity index is 1810. The van der Waals surface area contributed by atoms with E-state index in [-0.39, 0.29) is 0 Å². The van der Waals surface area contributed by atoms with E-state index in [1.807, 2.05) is 0 Å². The molecule has 2 aromatic heterocycles. The van der Waals surface area contributed by atoms with E-state index in [0.717, 1.165) is 103 Å². The molecule has 6 heteroatoms. The van der Waals surface area contributed by atoms with Crippen LogP contribution in [0.3, 0.4) is 0 Å². The predicted octanol–water partition coefficient (Wildman–Crippen LogP) is 24.9. The molecule has 0 spiro atoms. The van der Waals surface area contributed by atoms with Crippen LogP contribution in [0.2, 0.25) is 0 Å². The molecule has 2 aromatic rings. The summed E-state index contributed by atoms with van der Waals surface area (Å²) in [5, 5.41) is 0. The Morgan fingerprint density at radius 2 is 0.478 bits per heavy atom. The van der Waals surface area contributed by atoms with Crippen molar-refractivity contribution < 1.29 is 18.7 Å². The van der Waals surface area contributed by atoms with Crippen LogP contribution < -0.4 is 9.13 Å². The Morgan fingerprint density at radius 1 is 0.267 bits per heavy atom. The Kier molecular flexibility index (Phi) is 56.6. The molecule has 0 aromatic carbocycles. The molecule has 2 amide bonds. The zero-order valence-electron chi connectivity index (χ0n) is 62.2. The van der Waals surface area contributed by atoms with Crippen LogP contribution in [0.1, 0.15) is 421 Å². The van der Waals surface area contributed by atoms with E-state index in [1.165, 1.54) is 329 Å². The van der Waals surface area contributed by atoms with Gasteiger partial charge in [-0.15, -0.1) is 0 Å². The molecule has 0 unspecified atom stereocenters. The standard InChI is InChI=1S/C84H156N4O2/c1-9-13-17-21-25-29-33-37-41-45-49-53-57-65-83(89)85(69-61-71-87-79(7)73-77(5)75-81(87)63-55-51-47-43-39-35-31-27-23-19-15-11-3)67-59-60-68-86(84(90)66-58-54-50-46-42-38-34-30-26-22-18-14-10-2)70-62-72-88-80(8)74-78(6)76-82(88)64-56-52-48-44-40-36-32-28-24-20-16-12-4/h73-76H,9-72H2,1-8H3/q+2. The Balaban J connectivity index is 2.10. The van der Waals surface area contributed by atoms with Gasteiger partial charge in [0.05, 0.1) is 0 Å². The summed E-state index contributed by atoms with van der Waals surface area (Å²) < 4.78 is 5.17. The first-order valence-corrected chi connectivity index (χ1v) is 40.7. The van der Waals surface area contributed by atoms with Gasteiger partial charge in [0.1, 0.15) is 0 Å². The maximum Gasteiger partial charge on any atom is 0.222 e. The number of nitrogens with zero attached hydrogens (tertiary/aromatic N) is 4. The van der Waals surface area contributed by atoms with Crippen LogP contribution in [-0.4, -0.2) is 47.8 Å². The van der Waals surface area contributed by atoms with E-state index in [9.17, 15) is 9.59 Å². The highest BCUT2D eigenvalue weighted by Gasteiger charge is 2.21. The molecular weight excluding hydrogens is 1100 g/mol. The monoisotopic (exact) mass is 1250 g/mol. The zero-order chi connectivity index (χ0) is 65.0. The number of hydrogen-bond donors (Lipinski definition) is 0. The molecule has 0 saturated heterocycles. The van der Waals surface area contributed by atoms with Crippen LogP contribution in [-0.2, 0) is 35.5 Å². The topological polar surface area (TPSA) is 48.4 Å². The van der Waals surface area contributed by atoms with E-state index in [4.69, 9.17) is 0 Å². The van der Waals surface area contributed by atoms with Crippen molar-refractivity contribution in [3.63, 3.8) is 0 Å². The summed E-state index contributed by atoms with van der Waals surface area (Å²) in [6, 6.07) is 9.59. The van der Waals surface area contributed by atoms with Gasteiger partial charge in [-0.05, 0) is 63.5 Å². The van der Waals surface area contributed by atoms with Gasteiger partial charge in [0.25, 0.3) is 0 Å². The fraction of sp³-hybridized carbons (Fsp3) is 0.857. The fourth-order valence-electron chi connectivity index (χ4n) is 14.5. The maximum atomic E-state index is 14.3. The van der Waals surface area contributed by atoms with Crippen LogP contribution in [0.15, 0.2) is 24.3 Å². The minimum absolute atomic E-state index is 0.348. The summed E-state index contributed by atoms with van der Waals surface area (Å²) in [6.07, 6.45) is 74.9. The van der Waals surface area contributed by atoms with Crippen molar-refractivity contribution in [3.8, 4) is 0 Å². The van der Waals surface area contributed by atoms with Crippen LogP contribution in [0, 0.1) is 27.7 Å². The van der Waals surface area contributed by atoms with Gasteiger partial charge in [-0.1, -0.05) is 323 Å². The second kappa shape index (κ2) is 61.1. The third-order valence-electron chi connectivity index (χ3n) is 20.2. The highest BCUT2D eigenvalue weighted by atomic mass is 16.2. The highest BCUT2D eigenvalue weighted by molar-refractivity contribution is 5.76. The summed E-state index contributed by atoms with van der Waals surface area (Å²) in [5.74, 6) is 0.695. The predicted molar refractivity (Wildman–Crippen MR) is 394 cm³/mol. The zero-order valence-corrected chi connectivity index (χ0v) is 62.2. The lowest BCUT2D eigenvalue weighted by molar-refractivity contribution is -0.710. The molecule has 2 heterocycles. The third kappa shape index (κ3) is 46.3. The van der Waals surface area contributed by atoms with Crippen LogP contribution in [0.5, 0.6) is 0 Å². The van der Waals surface area contributed by atoms with Crippen molar-refractivity contribution in [2.75, 3.05) is 26.2 Å². The van der Waals surface area contributed by atoms with Crippen molar-refractivity contribution in [1.29, 1.82) is 0 Å².